The fraction of sp³-hybridized carbons (Fsp3) is 0.500. The van der Waals surface area contributed by atoms with E-state index in [4.69, 9.17) is 4.42 Å². The van der Waals surface area contributed by atoms with Crippen LogP contribution in [0.5, 0.6) is 0 Å². The molecule has 0 saturated heterocycles. The van der Waals surface area contributed by atoms with E-state index >= 15 is 0 Å². The van der Waals surface area contributed by atoms with Gasteiger partial charge in [0, 0.05) is 18.2 Å². The van der Waals surface area contributed by atoms with Crippen molar-refractivity contribution < 1.29 is 4.42 Å². The predicted molar refractivity (Wildman–Crippen MR) is 84.6 cm³/mol. The standard InChI is InChI=1S/C16H21N3OS/c1-11-18-19-16(20-11)21-15-10-13(8-9-14(15)17-2)12-6-4-3-5-7-12/h3-7,13-15,17H,8-10H2,1-2H3. The number of nitrogens with one attached hydrogen (secondary N) is 1. The maximum absolute atomic E-state index is 5.53. The Morgan fingerprint density at radius 2 is 2.00 bits per heavy atom. The summed E-state index contributed by atoms with van der Waals surface area (Å²) in [6.07, 6.45) is 3.55. The molecular weight excluding hydrogens is 282 g/mol. The molecule has 1 aromatic carbocycles. The zero-order chi connectivity index (χ0) is 14.7. The molecule has 0 radical (unpaired) electrons. The Kier molecular flexibility index (Phi) is 4.60. The number of benzene rings is 1. The average Bonchev–Trinajstić information content (AvgIpc) is 2.93. The second-order valence-electron chi connectivity index (χ2n) is 5.56. The van der Waals surface area contributed by atoms with E-state index < -0.39 is 0 Å². The lowest BCUT2D eigenvalue weighted by molar-refractivity contribution is 0.364. The van der Waals surface area contributed by atoms with Crippen molar-refractivity contribution in [1.82, 2.24) is 15.5 Å². The van der Waals surface area contributed by atoms with Crippen molar-refractivity contribution in [2.45, 2.75) is 48.6 Å². The van der Waals surface area contributed by atoms with Crippen molar-refractivity contribution in [3.05, 3.63) is 41.8 Å². The number of aryl methyl sites for hydroxylation is 1. The SMILES string of the molecule is CNC1CCC(c2ccccc2)CC1Sc1nnc(C)o1. The molecule has 4 nitrogen and oxygen atoms in total. The average molecular weight is 303 g/mol. The second kappa shape index (κ2) is 6.62. The first kappa shape index (κ1) is 14.6. The van der Waals surface area contributed by atoms with Gasteiger partial charge in [-0.15, -0.1) is 10.2 Å². The first-order valence-electron chi connectivity index (χ1n) is 7.45. The van der Waals surface area contributed by atoms with Gasteiger partial charge in [0.25, 0.3) is 5.22 Å². The van der Waals surface area contributed by atoms with E-state index in [1.54, 1.807) is 11.8 Å². The second-order valence-corrected chi connectivity index (χ2v) is 6.75. The van der Waals surface area contributed by atoms with E-state index in [2.05, 4.69) is 45.8 Å². The highest BCUT2D eigenvalue weighted by Gasteiger charge is 2.32. The lowest BCUT2D eigenvalue weighted by atomic mass is 9.81. The molecule has 0 aliphatic heterocycles. The molecule has 3 atom stereocenters. The third-order valence-corrected chi connectivity index (χ3v) is 5.38. The summed E-state index contributed by atoms with van der Waals surface area (Å²) < 4.78 is 5.53. The largest absolute Gasteiger partial charge is 0.416 e. The van der Waals surface area contributed by atoms with Crippen LogP contribution in [0.2, 0.25) is 0 Å². The lowest BCUT2D eigenvalue weighted by Crippen LogP contribution is -2.40. The maximum atomic E-state index is 5.53. The molecule has 112 valence electrons. The van der Waals surface area contributed by atoms with Gasteiger partial charge in [0.2, 0.25) is 5.89 Å². The van der Waals surface area contributed by atoms with Crippen molar-refractivity contribution in [3.63, 3.8) is 0 Å². The smallest absolute Gasteiger partial charge is 0.276 e. The molecule has 1 heterocycles. The molecule has 1 saturated carbocycles. The van der Waals surface area contributed by atoms with Crippen molar-refractivity contribution in [3.8, 4) is 0 Å². The topological polar surface area (TPSA) is 51.0 Å². The van der Waals surface area contributed by atoms with Crippen LogP contribution in [0.1, 0.15) is 36.6 Å². The number of nitrogens with zero attached hydrogens (tertiary/aromatic N) is 2. The van der Waals surface area contributed by atoms with Crippen LogP contribution in [0.25, 0.3) is 0 Å². The number of hydrogen-bond donors (Lipinski definition) is 1. The van der Waals surface area contributed by atoms with Crippen molar-refractivity contribution in [2.24, 2.45) is 0 Å². The third kappa shape index (κ3) is 3.47. The van der Waals surface area contributed by atoms with Crippen LogP contribution in [0, 0.1) is 6.92 Å². The minimum Gasteiger partial charge on any atom is -0.416 e. The normalized spacial score (nSPS) is 25.9. The van der Waals surface area contributed by atoms with Gasteiger partial charge in [-0.2, -0.15) is 0 Å². The van der Waals surface area contributed by atoms with Gasteiger partial charge in [-0.25, -0.2) is 0 Å². The number of thioether (sulfide) groups is 1. The monoisotopic (exact) mass is 303 g/mol. The van der Waals surface area contributed by atoms with Crippen LogP contribution in [0.3, 0.4) is 0 Å². The summed E-state index contributed by atoms with van der Waals surface area (Å²) >= 11 is 1.71. The highest BCUT2D eigenvalue weighted by atomic mass is 32.2. The Bertz CT molecular complexity index is 572. The van der Waals surface area contributed by atoms with Gasteiger partial charge in [0.15, 0.2) is 0 Å². The molecule has 1 aliphatic carbocycles. The predicted octanol–water partition coefficient (Wildman–Crippen LogP) is 3.39. The van der Waals surface area contributed by atoms with Gasteiger partial charge < -0.3 is 9.73 Å². The first-order valence-corrected chi connectivity index (χ1v) is 8.33. The molecule has 3 unspecified atom stereocenters. The van der Waals surface area contributed by atoms with Gasteiger partial charge >= 0.3 is 0 Å². The highest BCUT2D eigenvalue weighted by molar-refractivity contribution is 7.99. The fourth-order valence-electron chi connectivity index (χ4n) is 3.07. The highest BCUT2D eigenvalue weighted by Crippen LogP contribution is 2.40. The minimum atomic E-state index is 0.466. The summed E-state index contributed by atoms with van der Waals surface area (Å²) in [7, 11) is 2.04. The lowest BCUT2D eigenvalue weighted by Gasteiger charge is -2.35. The Hall–Kier alpha value is -1.33. The summed E-state index contributed by atoms with van der Waals surface area (Å²) in [5.74, 6) is 1.26. The molecule has 1 aromatic heterocycles. The number of aromatic nitrogens is 2. The van der Waals surface area contributed by atoms with Crippen LogP contribution < -0.4 is 5.32 Å². The zero-order valence-electron chi connectivity index (χ0n) is 12.5. The molecule has 21 heavy (non-hydrogen) atoms. The molecular formula is C16H21N3OS. The molecule has 3 rings (SSSR count). The van der Waals surface area contributed by atoms with Crippen molar-refractivity contribution in [1.29, 1.82) is 0 Å². The molecule has 2 aromatic rings. The molecule has 5 heteroatoms. The molecule has 1 fully saturated rings. The van der Waals surface area contributed by atoms with E-state index in [0.29, 0.717) is 28.3 Å². The quantitative estimate of drug-likeness (QED) is 0.938. The molecule has 0 amide bonds. The summed E-state index contributed by atoms with van der Waals surface area (Å²) in [6, 6.07) is 11.3. The maximum Gasteiger partial charge on any atom is 0.276 e. The van der Waals surface area contributed by atoms with Crippen LogP contribution in [-0.2, 0) is 0 Å². The van der Waals surface area contributed by atoms with Crippen LogP contribution in [0.15, 0.2) is 40.0 Å². The van der Waals surface area contributed by atoms with Crippen LogP contribution in [-0.4, -0.2) is 28.5 Å². The molecule has 0 spiro atoms. The summed E-state index contributed by atoms with van der Waals surface area (Å²) in [6.45, 7) is 1.83. The Morgan fingerprint density at radius 1 is 1.19 bits per heavy atom. The summed E-state index contributed by atoms with van der Waals surface area (Å²) in [5.41, 5.74) is 1.44. The van der Waals surface area contributed by atoms with Gasteiger partial charge in [-0.1, -0.05) is 42.1 Å². The van der Waals surface area contributed by atoms with Crippen LogP contribution >= 0.6 is 11.8 Å². The Labute approximate surface area is 129 Å². The third-order valence-electron chi connectivity index (χ3n) is 4.19. The van der Waals surface area contributed by atoms with Crippen LogP contribution in [0.4, 0.5) is 0 Å². The molecule has 1 N–H and O–H groups in total. The van der Waals surface area contributed by atoms with E-state index in [1.165, 1.54) is 18.4 Å². The minimum absolute atomic E-state index is 0.466. The number of hydrogen-bond acceptors (Lipinski definition) is 5. The van der Waals surface area contributed by atoms with Gasteiger partial charge in [0.1, 0.15) is 0 Å². The van der Waals surface area contributed by atoms with E-state index in [1.807, 2.05) is 14.0 Å². The fourth-order valence-corrected chi connectivity index (χ4v) is 4.35. The van der Waals surface area contributed by atoms with E-state index in [0.717, 1.165) is 6.42 Å². The van der Waals surface area contributed by atoms with Gasteiger partial charge in [-0.05, 0) is 37.8 Å². The summed E-state index contributed by atoms with van der Waals surface area (Å²) in [4.78, 5) is 0. The van der Waals surface area contributed by atoms with Gasteiger partial charge in [0.05, 0.1) is 0 Å². The number of rotatable bonds is 4. The van der Waals surface area contributed by atoms with E-state index in [-0.39, 0.29) is 0 Å². The molecule has 1 aliphatic rings. The van der Waals surface area contributed by atoms with Gasteiger partial charge in [-0.3, -0.25) is 0 Å². The summed E-state index contributed by atoms with van der Waals surface area (Å²) in [5, 5.41) is 12.6. The Balaban J connectivity index is 1.72. The Morgan fingerprint density at radius 3 is 2.67 bits per heavy atom. The van der Waals surface area contributed by atoms with E-state index in [9.17, 15) is 0 Å². The zero-order valence-corrected chi connectivity index (χ0v) is 13.3. The van der Waals surface area contributed by atoms with Crippen molar-refractivity contribution in [2.75, 3.05) is 7.05 Å². The molecule has 0 bridgehead atoms. The first-order chi connectivity index (χ1) is 10.3. The van der Waals surface area contributed by atoms with Crippen molar-refractivity contribution >= 4 is 11.8 Å².